The van der Waals surface area contributed by atoms with Crippen molar-refractivity contribution in [1.82, 2.24) is 5.17 Å². The molecule has 0 saturated heterocycles. The Morgan fingerprint density at radius 2 is 2.14 bits per heavy atom. The Morgan fingerprint density at radius 3 is 3.07 bits per heavy atom. The molecule has 0 fully saturated rings. The van der Waals surface area contributed by atoms with Gasteiger partial charge in [-0.15, -0.1) is 0 Å². The molecule has 1 aromatic carbocycles. The molecule has 70 valence electrons. The molecule has 0 saturated carbocycles. The van der Waals surface area contributed by atoms with E-state index in [1.165, 1.54) is 5.17 Å². The lowest BCUT2D eigenvalue weighted by Gasteiger charge is -2.29. The Bertz CT molecular complexity index is 439. The zero-order valence-electron chi connectivity index (χ0n) is 7.46. The van der Waals surface area contributed by atoms with Gasteiger partial charge < -0.3 is 0 Å². The van der Waals surface area contributed by atoms with E-state index in [0.717, 1.165) is 17.1 Å². The Morgan fingerprint density at radius 1 is 1.29 bits per heavy atom. The first-order chi connectivity index (χ1) is 6.86. The molecular formula is C10H9N3O. The van der Waals surface area contributed by atoms with Gasteiger partial charge in [-0.25, -0.2) is 5.01 Å². The second-order valence-corrected chi connectivity index (χ2v) is 3.24. The number of aliphatic imine (C=N–C) groups is 1. The Hall–Kier alpha value is -1.65. The van der Waals surface area contributed by atoms with E-state index in [9.17, 15) is 5.21 Å². The number of allylic oxidation sites excluding steroid dienone is 1. The molecule has 1 N–H and O–H groups in total. The van der Waals surface area contributed by atoms with Crippen LogP contribution in [0.1, 0.15) is 0 Å². The molecule has 0 aromatic heterocycles. The molecule has 0 spiro atoms. The maximum atomic E-state index is 9.62. The summed E-state index contributed by atoms with van der Waals surface area (Å²) in [5, 5.41) is 12.5. The third-order valence-electron chi connectivity index (χ3n) is 2.38. The number of nitrogens with zero attached hydrogens (tertiary/aromatic N) is 3. The molecule has 3 rings (SSSR count). The first-order valence-corrected chi connectivity index (χ1v) is 4.46. The number of anilines is 1. The summed E-state index contributed by atoms with van der Waals surface area (Å²) in [6, 6.07) is 7.73. The van der Waals surface area contributed by atoms with Gasteiger partial charge in [-0.05, 0) is 18.2 Å². The molecule has 1 aromatic rings. The van der Waals surface area contributed by atoms with Gasteiger partial charge in [0.1, 0.15) is 0 Å². The van der Waals surface area contributed by atoms with Gasteiger partial charge in [0.15, 0.2) is 0 Å². The minimum absolute atomic E-state index is 0.510. The standard InChI is InChI=1S/C10H9N3O/c14-12-6-5-8-7-11-9-3-1-2-4-10(9)13(8)12/h1-5,7,14H,6H2. The summed E-state index contributed by atoms with van der Waals surface area (Å²) >= 11 is 0. The number of hydrogen-bond acceptors (Lipinski definition) is 4. The highest BCUT2D eigenvalue weighted by Gasteiger charge is 2.27. The molecular weight excluding hydrogens is 178 g/mol. The summed E-state index contributed by atoms with van der Waals surface area (Å²) in [6.45, 7) is 0.510. The first-order valence-electron chi connectivity index (χ1n) is 4.46. The summed E-state index contributed by atoms with van der Waals surface area (Å²) in [4.78, 5) is 4.30. The normalized spacial score (nSPS) is 19.2. The molecule has 0 aliphatic carbocycles. The summed E-state index contributed by atoms with van der Waals surface area (Å²) in [7, 11) is 0. The molecule has 0 bridgehead atoms. The van der Waals surface area contributed by atoms with Crippen LogP contribution in [-0.4, -0.2) is 23.1 Å². The largest absolute Gasteiger partial charge is 0.294 e. The highest BCUT2D eigenvalue weighted by molar-refractivity contribution is 5.93. The fourth-order valence-electron chi connectivity index (χ4n) is 1.74. The topological polar surface area (TPSA) is 39.1 Å². The SMILES string of the molecule is ON1CC=C2C=Nc3ccccc3N21. The molecule has 4 nitrogen and oxygen atoms in total. The lowest BCUT2D eigenvalue weighted by molar-refractivity contribution is -0.0759. The number of fused-ring (bicyclic) bond motifs is 3. The van der Waals surface area contributed by atoms with Crippen LogP contribution in [0.5, 0.6) is 0 Å². The lowest BCUT2D eigenvalue weighted by atomic mass is 10.2. The molecule has 2 aliphatic rings. The van der Waals surface area contributed by atoms with Gasteiger partial charge in [-0.2, -0.15) is 0 Å². The van der Waals surface area contributed by atoms with Crippen molar-refractivity contribution in [1.29, 1.82) is 0 Å². The smallest absolute Gasteiger partial charge is 0.0883 e. The van der Waals surface area contributed by atoms with Crippen LogP contribution in [0.3, 0.4) is 0 Å². The van der Waals surface area contributed by atoms with E-state index >= 15 is 0 Å². The van der Waals surface area contributed by atoms with Crippen LogP contribution in [0.4, 0.5) is 11.4 Å². The predicted octanol–water partition coefficient (Wildman–Crippen LogP) is 1.71. The van der Waals surface area contributed by atoms with Crippen molar-refractivity contribution in [3.63, 3.8) is 0 Å². The van der Waals surface area contributed by atoms with Crippen molar-refractivity contribution in [3.05, 3.63) is 36.0 Å². The summed E-state index contributed by atoms with van der Waals surface area (Å²) in [6.07, 6.45) is 3.69. The Labute approximate surface area is 81.3 Å². The van der Waals surface area contributed by atoms with Crippen LogP contribution in [0.15, 0.2) is 41.0 Å². The predicted molar refractivity (Wildman–Crippen MR) is 53.6 cm³/mol. The summed E-state index contributed by atoms with van der Waals surface area (Å²) < 4.78 is 0. The van der Waals surface area contributed by atoms with Crippen molar-refractivity contribution in [3.8, 4) is 0 Å². The number of hydrogen-bond donors (Lipinski definition) is 1. The van der Waals surface area contributed by atoms with Crippen molar-refractivity contribution in [2.24, 2.45) is 4.99 Å². The Balaban J connectivity index is 2.19. The van der Waals surface area contributed by atoms with E-state index in [2.05, 4.69) is 4.99 Å². The third-order valence-corrected chi connectivity index (χ3v) is 2.38. The molecule has 2 heterocycles. The van der Waals surface area contributed by atoms with Crippen LogP contribution in [0.2, 0.25) is 0 Å². The minimum atomic E-state index is 0.510. The fourth-order valence-corrected chi connectivity index (χ4v) is 1.74. The first kappa shape index (κ1) is 7.73. The molecule has 0 unspecified atom stereocenters. The van der Waals surface area contributed by atoms with Gasteiger partial charge in [0.25, 0.3) is 0 Å². The maximum Gasteiger partial charge on any atom is 0.0883 e. The van der Waals surface area contributed by atoms with Crippen molar-refractivity contribution in [2.45, 2.75) is 0 Å². The number of para-hydroxylation sites is 2. The number of benzene rings is 1. The van der Waals surface area contributed by atoms with Crippen LogP contribution >= 0.6 is 0 Å². The zero-order valence-corrected chi connectivity index (χ0v) is 7.46. The van der Waals surface area contributed by atoms with Crippen molar-refractivity contribution in [2.75, 3.05) is 11.6 Å². The molecule has 14 heavy (non-hydrogen) atoms. The van der Waals surface area contributed by atoms with E-state index in [-0.39, 0.29) is 0 Å². The number of rotatable bonds is 0. The van der Waals surface area contributed by atoms with E-state index in [1.807, 2.05) is 30.3 Å². The molecule has 0 radical (unpaired) electrons. The van der Waals surface area contributed by atoms with Gasteiger partial charge in [0.05, 0.1) is 29.8 Å². The molecule has 4 heteroatoms. The van der Waals surface area contributed by atoms with Gasteiger partial charge in [-0.3, -0.25) is 10.2 Å². The minimum Gasteiger partial charge on any atom is -0.294 e. The van der Waals surface area contributed by atoms with Crippen LogP contribution in [-0.2, 0) is 0 Å². The summed E-state index contributed by atoms with van der Waals surface area (Å²) in [5.74, 6) is 0. The zero-order chi connectivity index (χ0) is 9.54. The van der Waals surface area contributed by atoms with E-state index in [0.29, 0.717) is 6.54 Å². The Kier molecular flexibility index (Phi) is 1.47. The van der Waals surface area contributed by atoms with E-state index < -0.39 is 0 Å². The van der Waals surface area contributed by atoms with Gasteiger partial charge in [-0.1, -0.05) is 17.3 Å². The van der Waals surface area contributed by atoms with E-state index in [4.69, 9.17) is 0 Å². The van der Waals surface area contributed by atoms with Crippen LogP contribution in [0, 0.1) is 0 Å². The van der Waals surface area contributed by atoms with E-state index in [1.54, 1.807) is 11.2 Å². The van der Waals surface area contributed by atoms with Gasteiger partial charge in [0.2, 0.25) is 0 Å². The monoisotopic (exact) mass is 187 g/mol. The highest BCUT2D eigenvalue weighted by atomic mass is 16.6. The van der Waals surface area contributed by atoms with Gasteiger partial charge in [0, 0.05) is 0 Å². The second kappa shape index (κ2) is 2.67. The lowest BCUT2D eigenvalue weighted by Crippen LogP contribution is -2.36. The fraction of sp³-hybridized carbons (Fsp3) is 0.100. The molecule has 0 atom stereocenters. The van der Waals surface area contributed by atoms with Crippen LogP contribution in [0.25, 0.3) is 0 Å². The number of hydrazine groups is 1. The quantitative estimate of drug-likeness (QED) is 0.672. The highest BCUT2D eigenvalue weighted by Crippen LogP contribution is 2.36. The number of hydroxylamine groups is 1. The third kappa shape index (κ3) is 0.921. The average molecular weight is 187 g/mol. The average Bonchev–Trinajstić information content (AvgIpc) is 2.61. The van der Waals surface area contributed by atoms with Gasteiger partial charge >= 0.3 is 0 Å². The van der Waals surface area contributed by atoms with Crippen molar-refractivity contribution < 1.29 is 5.21 Å². The van der Waals surface area contributed by atoms with Crippen LogP contribution < -0.4 is 5.01 Å². The maximum absolute atomic E-state index is 9.62. The second-order valence-electron chi connectivity index (χ2n) is 3.24. The van der Waals surface area contributed by atoms with Crippen molar-refractivity contribution >= 4 is 17.6 Å². The molecule has 0 amide bonds. The molecule has 2 aliphatic heterocycles. The summed E-state index contributed by atoms with van der Waals surface area (Å²) in [5.41, 5.74) is 2.72.